The number of nitrogens with one attached hydrogen (secondary N) is 1. The number of hydrogen-bond donors (Lipinski definition) is 1. The predicted octanol–water partition coefficient (Wildman–Crippen LogP) is 3.85. The summed E-state index contributed by atoms with van der Waals surface area (Å²) in [4.78, 5) is 13.9. The average Bonchev–Trinajstić information content (AvgIpc) is 3.13. The summed E-state index contributed by atoms with van der Waals surface area (Å²) in [7, 11) is -3.75. The summed E-state index contributed by atoms with van der Waals surface area (Å²) in [5.74, 6) is -0.304. The SMILES string of the molecule is CSc1ccccc1NC(=O)[C@H]1CCCN1S(=O)(=O)c1ccc(Cl)cc1. The number of para-hydroxylation sites is 1. The minimum absolute atomic E-state index is 0.145. The molecule has 0 saturated carbocycles. The number of amides is 1. The zero-order valence-corrected chi connectivity index (χ0v) is 16.6. The molecule has 0 unspecified atom stereocenters. The van der Waals surface area contributed by atoms with Crippen LogP contribution in [0.5, 0.6) is 0 Å². The number of carbonyl (C=O) groups excluding carboxylic acids is 1. The third kappa shape index (κ3) is 3.91. The third-order valence-electron chi connectivity index (χ3n) is 4.29. The van der Waals surface area contributed by atoms with Crippen molar-refractivity contribution >= 4 is 45.0 Å². The number of hydrogen-bond acceptors (Lipinski definition) is 4. The van der Waals surface area contributed by atoms with Crippen LogP contribution in [-0.2, 0) is 14.8 Å². The van der Waals surface area contributed by atoms with Crippen LogP contribution in [0.25, 0.3) is 0 Å². The molecule has 5 nitrogen and oxygen atoms in total. The highest BCUT2D eigenvalue weighted by Crippen LogP contribution is 2.29. The van der Waals surface area contributed by atoms with E-state index in [1.165, 1.54) is 40.3 Å². The van der Waals surface area contributed by atoms with Gasteiger partial charge in [0.1, 0.15) is 6.04 Å². The van der Waals surface area contributed by atoms with Gasteiger partial charge < -0.3 is 5.32 Å². The maximum absolute atomic E-state index is 12.9. The molecule has 8 heteroatoms. The summed E-state index contributed by atoms with van der Waals surface area (Å²) in [5.41, 5.74) is 0.695. The van der Waals surface area contributed by atoms with E-state index in [4.69, 9.17) is 11.6 Å². The van der Waals surface area contributed by atoms with E-state index in [1.54, 1.807) is 0 Å². The van der Waals surface area contributed by atoms with Crippen molar-refractivity contribution in [2.45, 2.75) is 28.7 Å². The molecule has 1 aliphatic heterocycles. The Bertz CT molecular complexity index is 901. The predicted molar refractivity (Wildman–Crippen MR) is 105 cm³/mol. The van der Waals surface area contributed by atoms with Crippen LogP contribution in [0.1, 0.15) is 12.8 Å². The Kier molecular flexibility index (Phi) is 5.92. The van der Waals surface area contributed by atoms with Crippen LogP contribution in [0.4, 0.5) is 5.69 Å². The van der Waals surface area contributed by atoms with E-state index in [1.807, 2.05) is 30.5 Å². The Balaban J connectivity index is 1.83. The number of rotatable bonds is 5. The molecule has 0 radical (unpaired) electrons. The first-order chi connectivity index (χ1) is 12.4. The van der Waals surface area contributed by atoms with Gasteiger partial charge in [-0.2, -0.15) is 4.31 Å². The van der Waals surface area contributed by atoms with Crippen LogP contribution in [0.15, 0.2) is 58.3 Å². The molecule has 0 spiro atoms. The Labute approximate surface area is 162 Å². The number of sulfonamides is 1. The second kappa shape index (κ2) is 8.00. The lowest BCUT2D eigenvalue weighted by Crippen LogP contribution is -2.43. The molecule has 1 fully saturated rings. The van der Waals surface area contributed by atoms with Crippen molar-refractivity contribution < 1.29 is 13.2 Å². The molecule has 1 atom stereocenters. The Morgan fingerprint density at radius 3 is 2.58 bits per heavy atom. The minimum atomic E-state index is -3.75. The first-order valence-electron chi connectivity index (χ1n) is 8.15. The molecule has 0 aromatic heterocycles. The number of halogens is 1. The highest BCUT2D eigenvalue weighted by atomic mass is 35.5. The van der Waals surface area contributed by atoms with Gasteiger partial charge >= 0.3 is 0 Å². The van der Waals surface area contributed by atoms with Crippen molar-refractivity contribution in [2.75, 3.05) is 18.1 Å². The molecular formula is C18H19ClN2O3S2. The fourth-order valence-electron chi connectivity index (χ4n) is 3.00. The van der Waals surface area contributed by atoms with E-state index in [2.05, 4.69) is 5.32 Å². The van der Waals surface area contributed by atoms with Gasteiger partial charge in [0.25, 0.3) is 0 Å². The Hall–Kier alpha value is -1.54. The van der Waals surface area contributed by atoms with Gasteiger partial charge in [0, 0.05) is 16.5 Å². The smallest absolute Gasteiger partial charge is 0.243 e. The van der Waals surface area contributed by atoms with E-state index in [9.17, 15) is 13.2 Å². The molecule has 0 bridgehead atoms. The van der Waals surface area contributed by atoms with E-state index in [0.717, 1.165) is 4.90 Å². The Morgan fingerprint density at radius 2 is 1.88 bits per heavy atom. The summed E-state index contributed by atoms with van der Waals surface area (Å²) in [6, 6.07) is 12.8. The normalized spacial score (nSPS) is 18.0. The molecule has 1 N–H and O–H groups in total. The highest BCUT2D eigenvalue weighted by Gasteiger charge is 2.39. The van der Waals surface area contributed by atoms with Crippen molar-refractivity contribution in [1.82, 2.24) is 4.31 Å². The van der Waals surface area contributed by atoms with Crippen molar-refractivity contribution in [3.8, 4) is 0 Å². The molecule has 1 aliphatic rings. The number of carbonyl (C=O) groups is 1. The van der Waals surface area contributed by atoms with Crippen molar-refractivity contribution in [3.63, 3.8) is 0 Å². The average molecular weight is 411 g/mol. The van der Waals surface area contributed by atoms with Gasteiger partial charge in [-0.25, -0.2) is 8.42 Å². The maximum Gasteiger partial charge on any atom is 0.243 e. The van der Waals surface area contributed by atoms with Gasteiger partial charge in [0.2, 0.25) is 15.9 Å². The summed E-state index contributed by atoms with van der Waals surface area (Å²) >= 11 is 7.37. The van der Waals surface area contributed by atoms with Crippen LogP contribution in [-0.4, -0.2) is 37.5 Å². The largest absolute Gasteiger partial charge is 0.324 e. The van der Waals surface area contributed by atoms with Crippen molar-refractivity contribution in [3.05, 3.63) is 53.6 Å². The molecule has 1 heterocycles. The molecule has 1 amide bonds. The molecule has 2 aromatic rings. The van der Waals surface area contributed by atoms with Gasteiger partial charge in [0.15, 0.2) is 0 Å². The molecule has 26 heavy (non-hydrogen) atoms. The Morgan fingerprint density at radius 1 is 1.19 bits per heavy atom. The van der Waals surface area contributed by atoms with Gasteiger partial charge in [-0.15, -0.1) is 11.8 Å². The lowest BCUT2D eigenvalue weighted by Gasteiger charge is -2.23. The quantitative estimate of drug-likeness (QED) is 0.760. The topological polar surface area (TPSA) is 66.5 Å². The lowest BCUT2D eigenvalue weighted by atomic mass is 10.2. The van der Waals surface area contributed by atoms with Gasteiger partial charge in [-0.3, -0.25) is 4.79 Å². The molecule has 2 aromatic carbocycles. The third-order valence-corrected chi connectivity index (χ3v) is 7.26. The molecule has 0 aliphatic carbocycles. The van der Waals surface area contributed by atoms with E-state index < -0.39 is 16.1 Å². The zero-order valence-electron chi connectivity index (χ0n) is 14.2. The summed E-state index contributed by atoms with van der Waals surface area (Å²) in [6.45, 7) is 0.327. The zero-order chi connectivity index (χ0) is 18.7. The van der Waals surface area contributed by atoms with Crippen LogP contribution < -0.4 is 5.32 Å². The van der Waals surface area contributed by atoms with Crippen LogP contribution >= 0.6 is 23.4 Å². The van der Waals surface area contributed by atoms with Gasteiger partial charge in [0.05, 0.1) is 10.6 Å². The summed E-state index contributed by atoms with van der Waals surface area (Å²) in [6.07, 6.45) is 3.08. The second-order valence-corrected chi connectivity index (χ2v) is 9.09. The highest BCUT2D eigenvalue weighted by molar-refractivity contribution is 7.98. The van der Waals surface area contributed by atoms with E-state index in [-0.39, 0.29) is 10.8 Å². The number of thioether (sulfide) groups is 1. The fourth-order valence-corrected chi connectivity index (χ4v) is 5.33. The fraction of sp³-hybridized carbons (Fsp3) is 0.278. The number of nitrogens with zero attached hydrogens (tertiary/aromatic N) is 1. The molecule has 138 valence electrons. The minimum Gasteiger partial charge on any atom is -0.324 e. The summed E-state index contributed by atoms with van der Waals surface area (Å²) in [5, 5.41) is 3.35. The lowest BCUT2D eigenvalue weighted by molar-refractivity contribution is -0.119. The second-order valence-electron chi connectivity index (χ2n) is 5.92. The molecular weight excluding hydrogens is 392 g/mol. The first-order valence-corrected chi connectivity index (χ1v) is 11.2. The van der Waals surface area contributed by atoms with Crippen molar-refractivity contribution in [2.24, 2.45) is 0 Å². The van der Waals surface area contributed by atoms with Gasteiger partial charge in [-0.05, 0) is 55.5 Å². The monoisotopic (exact) mass is 410 g/mol. The molecule has 1 saturated heterocycles. The van der Waals surface area contributed by atoms with Crippen LogP contribution in [0, 0.1) is 0 Å². The van der Waals surface area contributed by atoms with Gasteiger partial charge in [-0.1, -0.05) is 23.7 Å². The maximum atomic E-state index is 12.9. The van der Waals surface area contributed by atoms with E-state index >= 15 is 0 Å². The number of benzene rings is 2. The summed E-state index contributed by atoms with van der Waals surface area (Å²) < 4.78 is 27.2. The van der Waals surface area contributed by atoms with Crippen LogP contribution in [0.2, 0.25) is 5.02 Å². The first kappa shape index (κ1) is 19.2. The van der Waals surface area contributed by atoms with E-state index in [0.29, 0.717) is 30.1 Å². The van der Waals surface area contributed by atoms with Crippen molar-refractivity contribution in [1.29, 1.82) is 0 Å². The van der Waals surface area contributed by atoms with Crippen LogP contribution in [0.3, 0.4) is 0 Å². The standard InChI is InChI=1S/C18H19ClN2O3S2/c1-25-17-7-3-2-5-15(17)20-18(22)16-6-4-12-21(16)26(23,24)14-10-8-13(19)9-11-14/h2-3,5,7-11,16H,4,6,12H2,1H3,(H,20,22)/t16-/m1/s1. The molecule has 3 rings (SSSR count). The number of anilines is 1.